The third-order valence-corrected chi connectivity index (χ3v) is 4.32. The lowest BCUT2D eigenvalue weighted by molar-refractivity contribution is -0.123. The molecule has 3 amide bonds. The quantitative estimate of drug-likeness (QED) is 0.567. The number of imide groups is 1. The van der Waals surface area contributed by atoms with Gasteiger partial charge in [0.25, 0.3) is 5.91 Å². The molecular formula is C22H23N5O4. The molecule has 0 saturated heterocycles. The van der Waals surface area contributed by atoms with Crippen LogP contribution in [0.3, 0.4) is 0 Å². The smallest absolute Gasteiger partial charge is 0.342 e. The normalized spacial score (nSPS) is 10.5. The third kappa shape index (κ3) is 5.75. The minimum Gasteiger partial charge on any atom is -0.452 e. The van der Waals surface area contributed by atoms with Crippen LogP contribution in [-0.2, 0) is 16.1 Å². The first kappa shape index (κ1) is 21.7. The molecule has 0 saturated carbocycles. The van der Waals surface area contributed by atoms with E-state index in [-0.39, 0.29) is 18.0 Å². The van der Waals surface area contributed by atoms with E-state index < -0.39 is 24.5 Å². The van der Waals surface area contributed by atoms with Crippen molar-refractivity contribution in [3.8, 4) is 5.82 Å². The zero-order valence-corrected chi connectivity index (χ0v) is 17.2. The number of nitrogens with zero attached hydrogens (tertiary/aromatic N) is 3. The summed E-state index contributed by atoms with van der Waals surface area (Å²) < 4.78 is 6.66. The highest BCUT2D eigenvalue weighted by molar-refractivity contribution is 5.97. The summed E-state index contributed by atoms with van der Waals surface area (Å²) in [6, 6.07) is 14.0. The number of carbonyl (C=O) groups is 3. The number of hydrogen-bond acceptors (Lipinski definition) is 6. The number of aromatic nitrogens is 3. The summed E-state index contributed by atoms with van der Waals surface area (Å²) in [6.07, 6.45) is 3.02. The molecule has 0 unspecified atom stereocenters. The van der Waals surface area contributed by atoms with E-state index in [0.29, 0.717) is 11.5 Å². The fourth-order valence-electron chi connectivity index (χ4n) is 2.93. The zero-order valence-electron chi connectivity index (χ0n) is 17.2. The lowest BCUT2D eigenvalue weighted by Gasteiger charge is -2.12. The summed E-state index contributed by atoms with van der Waals surface area (Å²) in [7, 11) is 0. The van der Waals surface area contributed by atoms with Gasteiger partial charge in [0.05, 0.1) is 11.9 Å². The largest absolute Gasteiger partial charge is 0.452 e. The molecule has 2 aromatic heterocycles. The van der Waals surface area contributed by atoms with Crippen molar-refractivity contribution >= 4 is 17.9 Å². The first-order chi connectivity index (χ1) is 15.0. The van der Waals surface area contributed by atoms with Gasteiger partial charge in [-0.2, -0.15) is 5.10 Å². The van der Waals surface area contributed by atoms with Gasteiger partial charge in [0.15, 0.2) is 12.4 Å². The molecule has 0 aliphatic rings. The molecule has 0 radical (unpaired) electrons. The number of ether oxygens (including phenoxy) is 1. The van der Waals surface area contributed by atoms with E-state index in [1.54, 1.807) is 23.0 Å². The summed E-state index contributed by atoms with van der Waals surface area (Å²) in [5.41, 5.74) is 1.74. The Kier molecular flexibility index (Phi) is 7.10. The second-order valence-corrected chi connectivity index (χ2v) is 6.99. The fourth-order valence-corrected chi connectivity index (χ4v) is 2.93. The maximum atomic E-state index is 12.5. The van der Waals surface area contributed by atoms with Crippen LogP contribution >= 0.6 is 0 Å². The van der Waals surface area contributed by atoms with E-state index in [2.05, 4.69) is 20.7 Å². The van der Waals surface area contributed by atoms with E-state index >= 15 is 0 Å². The summed E-state index contributed by atoms with van der Waals surface area (Å²) in [6.45, 7) is 3.50. The van der Waals surface area contributed by atoms with Crippen molar-refractivity contribution < 1.29 is 19.1 Å². The Bertz CT molecular complexity index is 1050. The fraction of sp³-hybridized carbons (Fsp3) is 0.227. The Hall–Kier alpha value is -4.01. The first-order valence-corrected chi connectivity index (χ1v) is 9.73. The van der Waals surface area contributed by atoms with Crippen molar-refractivity contribution in [2.75, 3.05) is 6.61 Å². The van der Waals surface area contributed by atoms with Gasteiger partial charge in [-0.1, -0.05) is 50.2 Å². The minimum absolute atomic E-state index is 0.0513. The van der Waals surface area contributed by atoms with Crippen molar-refractivity contribution in [2.45, 2.75) is 26.3 Å². The van der Waals surface area contributed by atoms with Crippen LogP contribution in [0.15, 0.2) is 60.9 Å². The highest BCUT2D eigenvalue weighted by atomic mass is 16.5. The van der Waals surface area contributed by atoms with Crippen LogP contribution < -0.4 is 10.6 Å². The number of benzene rings is 1. The van der Waals surface area contributed by atoms with E-state index in [9.17, 15) is 14.4 Å². The van der Waals surface area contributed by atoms with Gasteiger partial charge in [-0.3, -0.25) is 10.1 Å². The maximum absolute atomic E-state index is 12.5. The molecule has 31 heavy (non-hydrogen) atoms. The third-order valence-electron chi connectivity index (χ3n) is 4.32. The number of nitrogens with one attached hydrogen (secondary N) is 2. The predicted octanol–water partition coefficient (Wildman–Crippen LogP) is 2.57. The molecule has 1 aromatic carbocycles. The van der Waals surface area contributed by atoms with Crippen LogP contribution in [0.4, 0.5) is 4.79 Å². The van der Waals surface area contributed by atoms with Gasteiger partial charge in [-0.05, 0) is 23.6 Å². The van der Waals surface area contributed by atoms with E-state index in [0.717, 1.165) is 5.56 Å². The van der Waals surface area contributed by atoms with E-state index in [1.165, 1.54) is 6.20 Å². The van der Waals surface area contributed by atoms with Crippen molar-refractivity contribution in [3.05, 3.63) is 77.7 Å². The average Bonchev–Trinajstić information content (AvgIpc) is 3.23. The highest BCUT2D eigenvalue weighted by Crippen LogP contribution is 2.22. The second-order valence-electron chi connectivity index (χ2n) is 6.99. The first-order valence-electron chi connectivity index (χ1n) is 9.73. The predicted molar refractivity (Wildman–Crippen MR) is 113 cm³/mol. The summed E-state index contributed by atoms with van der Waals surface area (Å²) in [5, 5.41) is 8.94. The monoisotopic (exact) mass is 421 g/mol. The van der Waals surface area contributed by atoms with E-state index in [1.807, 2.05) is 50.2 Å². The second kappa shape index (κ2) is 10.1. The lowest BCUT2D eigenvalue weighted by Crippen LogP contribution is -2.41. The molecule has 0 spiro atoms. The van der Waals surface area contributed by atoms with Crippen LogP contribution in [0, 0.1) is 0 Å². The van der Waals surface area contributed by atoms with Gasteiger partial charge in [-0.25, -0.2) is 19.3 Å². The van der Waals surface area contributed by atoms with Gasteiger partial charge in [0.2, 0.25) is 0 Å². The number of amides is 3. The molecular weight excluding hydrogens is 398 g/mol. The topological polar surface area (TPSA) is 115 Å². The Morgan fingerprint density at radius 3 is 2.48 bits per heavy atom. The Morgan fingerprint density at radius 1 is 1.06 bits per heavy atom. The van der Waals surface area contributed by atoms with Crippen LogP contribution in [0.5, 0.6) is 0 Å². The Balaban J connectivity index is 1.56. The van der Waals surface area contributed by atoms with Crippen molar-refractivity contribution in [1.29, 1.82) is 0 Å². The van der Waals surface area contributed by atoms with E-state index in [4.69, 9.17) is 4.74 Å². The minimum atomic E-state index is -0.734. The molecule has 0 fully saturated rings. The summed E-state index contributed by atoms with van der Waals surface area (Å²) in [4.78, 5) is 40.6. The lowest BCUT2D eigenvalue weighted by atomic mass is 10.1. The standard InChI is InChI=1S/C22H23N5O4/c1-15(2)20-17(13-25-27(20)18-10-6-7-11-23-18)21(29)31-14-19(28)26-22(30)24-12-16-8-4-3-5-9-16/h3-11,13,15H,12,14H2,1-2H3,(H2,24,26,28,30). The molecule has 3 aromatic rings. The van der Waals surface area contributed by atoms with Gasteiger partial charge >= 0.3 is 12.0 Å². The van der Waals surface area contributed by atoms with Crippen LogP contribution in [0.1, 0.15) is 41.4 Å². The number of esters is 1. The maximum Gasteiger partial charge on any atom is 0.342 e. The molecule has 2 heterocycles. The van der Waals surface area contributed by atoms with Gasteiger partial charge in [0.1, 0.15) is 5.56 Å². The zero-order chi connectivity index (χ0) is 22.2. The number of pyridine rings is 1. The van der Waals surface area contributed by atoms with Gasteiger partial charge in [-0.15, -0.1) is 0 Å². The molecule has 3 rings (SSSR count). The van der Waals surface area contributed by atoms with Crippen LogP contribution in [0.25, 0.3) is 5.82 Å². The SMILES string of the molecule is CC(C)c1c(C(=O)OCC(=O)NC(=O)NCc2ccccc2)cnn1-c1ccccn1. The molecule has 0 aliphatic heterocycles. The summed E-state index contributed by atoms with van der Waals surface area (Å²) in [5.74, 6) is -0.921. The highest BCUT2D eigenvalue weighted by Gasteiger charge is 2.23. The molecule has 9 nitrogen and oxygen atoms in total. The molecule has 0 aliphatic carbocycles. The van der Waals surface area contributed by atoms with Crippen LogP contribution in [0.2, 0.25) is 0 Å². The van der Waals surface area contributed by atoms with Gasteiger partial charge in [0, 0.05) is 12.7 Å². The van der Waals surface area contributed by atoms with Crippen molar-refractivity contribution in [2.24, 2.45) is 0 Å². The number of carbonyl (C=O) groups excluding carboxylic acids is 3. The van der Waals surface area contributed by atoms with Crippen LogP contribution in [-0.4, -0.2) is 39.3 Å². The molecule has 160 valence electrons. The van der Waals surface area contributed by atoms with Crippen molar-refractivity contribution in [1.82, 2.24) is 25.4 Å². The number of urea groups is 1. The average molecular weight is 421 g/mol. The Labute approximate surface area is 179 Å². The Morgan fingerprint density at radius 2 is 1.81 bits per heavy atom. The molecule has 0 bridgehead atoms. The van der Waals surface area contributed by atoms with Crippen molar-refractivity contribution in [3.63, 3.8) is 0 Å². The number of rotatable bonds is 7. The number of hydrogen-bond donors (Lipinski definition) is 2. The van der Waals surface area contributed by atoms with Gasteiger partial charge < -0.3 is 10.1 Å². The molecule has 2 N–H and O–H groups in total. The summed E-state index contributed by atoms with van der Waals surface area (Å²) >= 11 is 0. The molecule has 0 atom stereocenters. The molecule has 9 heteroatoms.